The minimum absolute atomic E-state index is 0.814. The molecule has 0 bridgehead atoms. The fourth-order valence-electron chi connectivity index (χ4n) is 1.52. The van der Waals surface area contributed by atoms with Crippen molar-refractivity contribution in [3.05, 3.63) is 0 Å². The third-order valence-corrected chi connectivity index (χ3v) is 2.47. The summed E-state index contributed by atoms with van der Waals surface area (Å²) in [7, 11) is 2.22. The van der Waals surface area contributed by atoms with E-state index in [9.17, 15) is 0 Å². The van der Waals surface area contributed by atoms with Crippen LogP contribution >= 0.6 is 0 Å². The maximum Gasteiger partial charge on any atom is 0.00664 e. The van der Waals surface area contributed by atoms with Crippen LogP contribution in [0.1, 0.15) is 26.7 Å². The molecular weight excluding hydrogens is 110 g/mol. The quantitative estimate of drug-likeness (QED) is 0.479. The highest BCUT2D eigenvalue weighted by Crippen LogP contribution is 2.19. The molecule has 0 aromatic carbocycles. The molecular formula is C8H17N. The predicted octanol–water partition coefficient (Wildman–Crippen LogP) is 1.74. The van der Waals surface area contributed by atoms with Crippen LogP contribution in [0.4, 0.5) is 0 Å². The zero-order valence-electron chi connectivity index (χ0n) is 6.72. The molecule has 1 fully saturated rings. The van der Waals surface area contributed by atoms with E-state index in [-0.39, 0.29) is 0 Å². The fraction of sp³-hybridized carbons (Fsp3) is 1.00. The molecule has 1 saturated heterocycles. The third kappa shape index (κ3) is 1.68. The minimum atomic E-state index is 0.814. The lowest BCUT2D eigenvalue weighted by atomic mass is 9.94. The molecule has 0 radical (unpaired) electrons. The van der Waals surface area contributed by atoms with Gasteiger partial charge in [-0.3, -0.25) is 0 Å². The van der Waals surface area contributed by atoms with Gasteiger partial charge in [0.2, 0.25) is 0 Å². The highest BCUT2D eigenvalue weighted by Gasteiger charge is 2.18. The molecule has 0 saturated carbocycles. The van der Waals surface area contributed by atoms with E-state index in [2.05, 4.69) is 25.8 Å². The van der Waals surface area contributed by atoms with Crippen LogP contribution in [-0.2, 0) is 0 Å². The second kappa shape index (κ2) is 2.70. The van der Waals surface area contributed by atoms with Gasteiger partial charge in [-0.2, -0.15) is 0 Å². The molecule has 1 rings (SSSR count). The van der Waals surface area contributed by atoms with Gasteiger partial charge in [-0.15, -0.1) is 0 Å². The highest BCUT2D eigenvalue weighted by atomic mass is 15.1. The zero-order valence-corrected chi connectivity index (χ0v) is 6.72. The number of likely N-dealkylation sites (tertiary alicyclic amines) is 1. The molecule has 1 aliphatic rings. The van der Waals surface area contributed by atoms with Crippen LogP contribution in [0.3, 0.4) is 0 Å². The van der Waals surface area contributed by atoms with Crippen molar-refractivity contribution < 1.29 is 0 Å². The number of hydrogen-bond donors (Lipinski definition) is 0. The summed E-state index contributed by atoms with van der Waals surface area (Å²) in [5.41, 5.74) is 0. The Bertz CT molecular complexity index is 90.6. The highest BCUT2D eigenvalue weighted by molar-refractivity contribution is 4.73. The van der Waals surface area contributed by atoms with Gasteiger partial charge in [0.05, 0.1) is 0 Å². The van der Waals surface area contributed by atoms with Gasteiger partial charge in [0.1, 0.15) is 0 Å². The number of rotatable bonds is 0. The second-order valence-corrected chi connectivity index (χ2v) is 3.46. The van der Waals surface area contributed by atoms with E-state index in [1.807, 2.05) is 0 Å². The van der Waals surface area contributed by atoms with Crippen LogP contribution in [0.15, 0.2) is 0 Å². The summed E-state index contributed by atoms with van der Waals surface area (Å²) in [5, 5.41) is 0. The molecule has 0 aromatic heterocycles. The Morgan fingerprint density at radius 3 is 2.44 bits per heavy atom. The molecule has 0 aliphatic carbocycles. The van der Waals surface area contributed by atoms with E-state index in [4.69, 9.17) is 0 Å². The molecule has 0 unspecified atom stereocenters. The first-order valence-corrected chi connectivity index (χ1v) is 3.90. The van der Waals surface area contributed by atoms with Gasteiger partial charge < -0.3 is 4.90 Å². The van der Waals surface area contributed by atoms with Crippen LogP contribution < -0.4 is 0 Å². The first kappa shape index (κ1) is 7.07. The SMILES string of the molecule is C[C@H]1CCN(C)[C@@H](C)C1. The molecule has 1 aliphatic heterocycles. The number of nitrogens with zero attached hydrogens (tertiary/aromatic N) is 1. The molecule has 0 amide bonds. The summed E-state index contributed by atoms with van der Waals surface area (Å²) >= 11 is 0. The number of piperidine rings is 1. The van der Waals surface area contributed by atoms with Crippen LogP contribution in [-0.4, -0.2) is 24.5 Å². The normalized spacial score (nSPS) is 39.0. The zero-order chi connectivity index (χ0) is 6.85. The van der Waals surface area contributed by atoms with E-state index in [0.717, 1.165) is 12.0 Å². The van der Waals surface area contributed by atoms with Gasteiger partial charge in [-0.05, 0) is 39.3 Å². The molecule has 2 atom stereocenters. The minimum Gasteiger partial charge on any atom is -0.304 e. The van der Waals surface area contributed by atoms with Gasteiger partial charge in [0.15, 0.2) is 0 Å². The molecule has 1 heteroatoms. The summed E-state index contributed by atoms with van der Waals surface area (Å²) in [4.78, 5) is 2.44. The Morgan fingerprint density at radius 2 is 2.00 bits per heavy atom. The predicted molar refractivity (Wildman–Crippen MR) is 40.5 cm³/mol. The Labute approximate surface area is 58.0 Å². The molecule has 9 heavy (non-hydrogen) atoms. The summed E-state index contributed by atoms with van der Waals surface area (Å²) in [5.74, 6) is 0.955. The lowest BCUT2D eigenvalue weighted by Gasteiger charge is -2.33. The van der Waals surface area contributed by atoms with E-state index >= 15 is 0 Å². The van der Waals surface area contributed by atoms with Gasteiger partial charge in [-0.25, -0.2) is 0 Å². The van der Waals surface area contributed by atoms with Crippen molar-refractivity contribution in [1.82, 2.24) is 4.90 Å². The summed E-state index contributed by atoms with van der Waals surface area (Å²) in [6.07, 6.45) is 2.78. The van der Waals surface area contributed by atoms with Crippen molar-refractivity contribution in [1.29, 1.82) is 0 Å². The van der Waals surface area contributed by atoms with Crippen molar-refractivity contribution >= 4 is 0 Å². The molecule has 1 heterocycles. The first-order chi connectivity index (χ1) is 4.20. The Balaban J connectivity index is 2.35. The Morgan fingerprint density at radius 1 is 1.33 bits per heavy atom. The molecule has 54 valence electrons. The summed E-state index contributed by atoms with van der Waals surface area (Å²) in [6.45, 7) is 5.96. The van der Waals surface area contributed by atoms with E-state index in [0.29, 0.717) is 0 Å². The Hall–Kier alpha value is -0.0400. The lowest BCUT2D eigenvalue weighted by molar-refractivity contribution is 0.162. The van der Waals surface area contributed by atoms with Crippen LogP contribution in [0.2, 0.25) is 0 Å². The Kier molecular flexibility index (Phi) is 2.12. The monoisotopic (exact) mass is 127 g/mol. The molecule has 0 aromatic rings. The van der Waals surface area contributed by atoms with E-state index in [1.165, 1.54) is 19.4 Å². The largest absolute Gasteiger partial charge is 0.304 e. The van der Waals surface area contributed by atoms with Crippen molar-refractivity contribution in [2.75, 3.05) is 13.6 Å². The van der Waals surface area contributed by atoms with Crippen molar-refractivity contribution in [2.24, 2.45) is 5.92 Å². The fourth-order valence-corrected chi connectivity index (χ4v) is 1.52. The summed E-state index contributed by atoms with van der Waals surface area (Å²) in [6, 6.07) is 0.814. The van der Waals surface area contributed by atoms with Crippen LogP contribution in [0.5, 0.6) is 0 Å². The smallest absolute Gasteiger partial charge is 0.00664 e. The lowest BCUT2D eigenvalue weighted by Crippen LogP contribution is -2.36. The maximum absolute atomic E-state index is 2.44. The average Bonchev–Trinajstić information content (AvgIpc) is 1.80. The maximum atomic E-state index is 2.44. The molecule has 0 N–H and O–H groups in total. The van der Waals surface area contributed by atoms with E-state index in [1.54, 1.807) is 0 Å². The third-order valence-electron chi connectivity index (χ3n) is 2.47. The molecule has 0 spiro atoms. The van der Waals surface area contributed by atoms with Crippen molar-refractivity contribution in [3.8, 4) is 0 Å². The standard InChI is InChI=1S/C8H17N/c1-7-4-5-9(3)8(2)6-7/h7-8H,4-6H2,1-3H3/t7-,8-/m0/s1. The first-order valence-electron chi connectivity index (χ1n) is 3.90. The van der Waals surface area contributed by atoms with Crippen LogP contribution in [0.25, 0.3) is 0 Å². The average molecular weight is 127 g/mol. The van der Waals surface area contributed by atoms with Crippen molar-refractivity contribution in [3.63, 3.8) is 0 Å². The van der Waals surface area contributed by atoms with Gasteiger partial charge in [-0.1, -0.05) is 6.92 Å². The summed E-state index contributed by atoms with van der Waals surface area (Å²) < 4.78 is 0. The topological polar surface area (TPSA) is 3.24 Å². The van der Waals surface area contributed by atoms with Crippen LogP contribution in [0, 0.1) is 5.92 Å². The van der Waals surface area contributed by atoms with Gasteiger partial charge in [0.25, 0.3) is 0 Å². The molecule has 1 nitrogen and oxygen atoms in total. The van der Waals surface area contributed by atoms with Crippen molar-refractivity contribution in [2.45, 2.75) is 32.7 Å². The number of hydrogen-bond acceptors (Lipinski definition) is 1. The second-order valence-electron chi connectivity index (χ2n) is 3.46. The van der Waals surface area contributed by atoms with Gasteiger partial charge >= 0.3 is 0 Å². The van der Waals surface area contributed by atoms with E-state index < -0.39 is 0 Å². The van der Waals surface area contributed by atoms with Gasteiger partial charge in [0, 0.05) is 6.04 Å².